The fourth-order valence-electron chi connectivity index (χ4n) is 1.89. The van der Waals surface area contributed by atoms with Gasteiger partial charge in [-0.15, -0.1) is 0 Å². The molecule has 0 saturated carbocycles. The molecule has 0 aliphatic rings. The SMILES string of the molecule is CCCCCCC(CBr)c1ccc(Br)cc1. The standard InChI is InChI=1S/C14H20Br2/c1-2-3-4-5-6-13(11-15)12-7-9-14(16)10-8-12/h7-10,13H,2-6,11H2,1H3. The number of hydrogen-bond donors (Lipinski definition) is 0. The van der Waals surface area contributed by atoms with Crippen molar-refractivity contribution in [2.45, 2.75) is 44.9 Å². The van der Waals surface area contributed by atoms with Crippen molar-refractivity contribution < 1.29 is 0 Å². The van der Waals surface area contributed by atoms with Crippen molar-refractivity contribution in [3.05, 3.63) is 34.3 Å². The van der Waals surface area contributed by atoms with Crippen LogP contribution in [0.3, 0.4) is 0 Å². The second-order valence-corrected chi connectivity index (χ2v) is 5.82. The predicted molar refractivity (Wildman–Crippen MR) is 79.4 cm³/mol. The molecule has 1 rings (SSSR count). The van der Waals surface area contributed by atoms with E-state index < -0.39 is 0 Å². The van der Waals surface area contributed by atoms with Crippen molar-refractivity contribution in [1.29, 1.82) is 0 Å². The lowest BCUT2D eigenvalue weighted by molar-refractivity contribution is 0.585. The molecule has 1 aromatic carbocycles. The van der Waals surface area contributed by atoms with Crippen molar-refractivity contribution in [3.63, 3.8) is 0 Å². The molecule has 0 heterocycles. The van der Waals surface area contributed by atoms with Crippen LogP contribution in [0.5, 0.6) is 0 Å². The van der Waals surface area contributed by atoms with Gasteiger partial charge in [0.1, 0.15) is 0 Å². The van der Waals surface area contributed by atoms with E-state index in [4.69, 9.17) is 0 Å². The Kier molecular flexibility index (Phi) is 7.39. The van der Waals surface area contributed by atoms with Gasteiger partial charge in [0.15, 0.2) is 0 Å². The van der Waals surface area contributed by atoms with E-state index in [0.717, 1.165) is 9.80 Å². The maximum Gasteiger partial charge on any atom is 0.0175 e. The van der Waals surface area contributed by atoms with E-state index >= 15 is 0 Å². The van der Waals surface area contributed by atoms with Crippen molar-refractivity contribution >= 4 is 31.9 Å². The summed E-state index contributed by atoms with van der Waals surface area (Å²) in [5.41, 5.74) is 1.46. The first-order chi connectivity index (χ1) is 7.77. The van der Waals surface area contributed by atoms with Gasteiger partial charge in [-0.1, -0.05) is 76.6 Å². The Morgan fingerprint density at radius 3 is 2.31 bits per heavy atom. The Morgan fingerprint density at radius 1 is 1.06 bits per heavy atom. The second-order valence-electron chi connectivity index (χ2n) is 4.25. The smallest absolute Gasteiger partial charge is 0.0175 e. The fraction of sp³-hybridized carbons (Fsp3) is 0.571. The van der Waals surface area contributed by atoms with Crippen LogP contribution >= 0.6 is 31.9 Å². The fourth-order valence-corrected chi connectivity index (χ4v) is 2.85. The number of alkyl halides is 1. The van der Waals surface area contributed by atoms with Gasteiger partial charge in [-0.05, 0) is 30.0 Å². The monoisotopic (exact) mass is 346 g/mol. The van der Waals surface area contributed by atoms with Crippen LogP contribution in [0.15, 0.2) is 28.7 Å². The molecular formula is C14H20Br2. The van der Waals surface area contributed by atoms with E-state index in [1.807, 2.05) is 0 Å². The first-order valence-electron chi connectivity index (χ1n) is 6.09. The number of halogens is 2. The summed E-state index contributed by atoms with van der Waals surface area (Å²) < 4.78 is 1.16. The van der Waals surface area contributed by atoms with E-state index in [1.54, 1.807) is 0 Å². The molecule has 0 aliphatic heterocycles. The lowest BCUT2D eigenvalue weighted by Crippen LogP contribution is -2.00. The van der Waals surface area contributed by atoms with Gasteiger partial charge >= 0.3 is 0 Å². The summed E-state index contributed by atoms with van der Waals surface area (Å²) in [4.78, 5) is 0. The minimum atomic E-state index is 0.671. The van der Waals surface area contributed by atoms with Crippen LogP contribution in [-0.2, 0) is 0 Å². The molecule has 0 amide bonds. The topological polar surface area (TPSA) is 0 Å². The molecule has 0 aromatic heterocycles. The maximum atomic E-state index is 3.63. The van der Waals surface area contributed by atoms with Crippen molar-refractivity contribution in [2.24, 2.45) is 0 Å². The second kappa shape index (κ2) is 8.30. The van der Waals surface area contributed by atoms with Crippen LogP contribution in [0, 0.1) is 0 Å². The minimum Gasteiger partial charge on any atom is -0.0921 e. The molecule has 0 fully saturated rings. The molecule has 0 nitrogen and oxygen atoms in total. The van der Waals surface area contributed by atoms with E-state index in [2.05, 4.69) is 63.0 Å². The molecule has 0 radical (unpaired) electrons. The minimum absolute atomic E-state index is 0.671. The average Bonchev–Trinajstić information content (AvgIpc) is 2.31. The zero-order chi connectivity index (χ0) is 11.8. The summed E-state index contributed by atoms with van der Waals surface area (Å²) in [5, 5.41) is 1.07. The Hall–Kier alpha value is 0.180. The van der Waals surface area contributed by atoms with Gasteiger partial charge in [0, 0.05) is 9.80 Å². The van der Waals surface area contributed by atoms with Gasteiger partial charge in [-0.3, -0.25) is 0 Å². The van der Waals surface area contributed by atoms with Crippen LogP contribution < -0.4 is 0 Å². The molecule has 2 heteroatoms. The van der Waals surface area contributed by atoms with Crippen LogP contribution in [0.2, 0.25) is 0 Å². The first kappa shape index (κ1) is 14.2. The summed E-state index contributed by atoms with van der Waals surface area (Å²) in [6.45, 7) is 2.26. The lowest BCUT2D eigenvalue weighted by Gasteiger charge is -2.14. The molecule has 0 bridgehead atoms. The molecule has 0 aliphatic carbocycles. The number of hydrogen-bond acceptors (Lipinski definition) is 0. The Balaban J connectivity index is 2.44. The maximum absolute atomic E-state index is 3.63. The van der Waals surface area contributed by atoms with Crippen molar-refractivity contribution in [3.8, 4) is 0 Å². The average molecular weight is 348 g/mol. The third kappa shape index (κ3) is 5.01. The number of rotatable bonds is 7. The highest BCUT2D eigenvalue weighted by molar-refractivity contribution is 9.10. The number of benzene rings is 1. The van der Waals surface area contributed by atoms with Crippen LogP contribution in [-0.4, -0.2) is 5.33 Å². The molecule has 0 spiro atoms. The van der Waals surface area contributed by atoms with Crippen molar-refractivity contribution in [1.82, 2.24) is 0 Å². The first-order valence-corrected chi connectivity index (χ1v) is 8.00. The van der Waals surface area contributed by atoms with Gasteiger partial charge in [-0.25, -0.2) is 0 Å². The molecule has 1 unspecified atom stereocenters. The summed E-state index contributed by atoms with van der Waals surface area (Å²) >= 11 is 7.11. The predicted octanol–water partition coefficient (Wildman–Crippen LogP) is 5.90. The van der Waals surface area contributed by atoms with Crippen LogP contribution in [0.1, 0.15) is 50.5 Å². The van der Waals surface area contributed by atoms with E-state index in [9.17, 15) is 0 Å². The van der Waals surface area contributed by atoms with Gasteiger partial charge in [0.25, 0.3) is 0 Å². The molecule has 90 valence electrons. The summed E-state index contributed by atoms with van der Waals surface area (Å²) in [6.07, 6.45) is 6.70. The summed E-state index contributed by atoms with van der Waals surface area (Å²) in [5.74, 6) is 0.671. The Morgan fingerprint density at radius 2 is 1.75 bits per heavy atom. The molecular weight excluding hydrogens is 328 g/mol. The van der Waals surface area contributed by atoms with Crippen molar-refractivity contribution in [2.75, 3.05) is 5.33 Å². The molecule has 0 saturated heterocycles. The molecule has 16 heavy (non-hydrogen) atoms. The lowest BCUT2D eigenvalue weighted by atomic mass is 9.95. The third-order valence-electron chi connectivity index (χ3n) is 2.93. The zero-order valence-corrected chi connectivity index (χ0v) is 13.1. The third-order valence-corrected chi connectivity index (χ3v) is 4.24. The van der Waals surface area contributed by atoms with Gasteiger partial charge in [0.05, 0.1) is 0 Å². The van der Waals surface area contributed by atoms with Gasteiger partial charge < -0.3 is 0 Å². The molecule has 0 N–H and O–H groups in total. The zero-order valence-electron chi connectivity index (χ0n) is 9.89. The van der Waals surface area contributed by atoms with E-state index in [-0.39, 0.29) is 0 Å². The summed E-state index contributed by atoms with van der Waals surface area (Å²) in [7, 11) is 0. The normalized spacial score (nSPS) is 12.7. The van der Waals surface area contributed by atoms with E-state index in [1.165, 1.54) is 37.7 Å². The highest BCUT2D eigenvalue weighted by Gasteiger charge is 2.09. The van der Waals surface area contributed by atoms with Gasteiger partial charge in [0.2, 0.25) is 0 Å². The summed E-state index contributed by atoms with van der Waals surface area (Å²) in [6, 6.07) is 8.74. The largest absolute Gasteiger partial charge is 0.0921 e. The van der Waals surface area contributed by atoms with E-state index in [0.29, 0.717) is 5.92 Å². The quantitative estimate of drug-likeness (QED) is 0.425. The van der Waals surface area contributed by atoms with Crippen LogP contribution in [0.4, 0.5) is 0 Å². The highest BCUT2D eigenvalue weighted by atomic mass is 79.9. The molecule has 1 atom stereocenters. The number of unbranched alkanes of at least 4 members (excludes halogenated alkanes) is 3. The van der Waals surface area contributed by atoms with Gasteiger partial charge in [-0.2, -0.15) is 0 Å². The van der Waals surface area contributed by atoms with Crippen LogP contribution in [0.25, 0.3) is 0 Å². The Labute approximate surface area is 116 Å². The highest BCUT2D eigenvalue weighted by Crippen LogP contribution is 2.26. The molecule has 1 aromatic rings. The Bertz CT molecular complexity index is 279.